The van der Waals surface area contributed by atoms with Gasteiger partial charge in [0.25, 0.3) is 0 Å². The van der Waals surface area contributed by atoms with Gasteiger partial charge in [0, 0.05) is 7.11 Å². The lowest BCUT2D eigenvalue weighted by Crippen LogP contribution is -2.37. The van der Waals surface area contributed by atoms with E-state index in [1.165, 1.54) is 43.2 Å². The maximum atomic E-state index is 5.89. The Morgan fingerprint density at radius 2 is 1.80 bits per heavy atom. The third kappa shape index (κ3) is 3.62. The number of benzene rings is 1. The van der Waals surface area contributed by atoms with Gasteiger partial charge in [0.15, 0.2) is 0 Å². The van der Waals surface area contributed by atoms with Gasteiger partial charge < -0.3 is 10.1 Å². The van der Waals surface area contributed by atoms with Crippen LogP contribution in [0, 0.1) is 5.92 Å². The molecule has 2 rings (SSSR count). The van der Waals surface area contributed by atoms with Gasteiger partial charge in [-0.3, -0.25) is 0 Å². The van der Waals surface area contributed by atoms with Gasteiger partial charge in [-0.25, -0.2) is 0 Å². The van der Waals surface area contributed by atoms with E-state index in [1.807, 2.05) is 14.2 Å². The van der Waals surface area contributed by atoms with Gasteiger partial charge in [-0.2, -0.15) is 0 Å². The van der Waals surface area contributed by atoms with Gasteiger partial charge in [0.2, 0.25) is 0 Å². The van der Waals surface area contributed by atoms with E-state index >= 15 is 0 Å². The molecule has 0 radical (unpaired) electrons. The second-order valence-corrected chi connectivity index (χ2v) is 5.96. The van der Waals surface area contributed by atoms with Crippen molar-refractivity contribution in [3.8, 4) is 0 Å². The molecule has 0 amide bonds. The predicted molar refractivity (Wildman–Crippen MR) is 85.0 cm³/mol. The Morgan fingerprint density at radius 3 is 2.30 bits per heavy atom. The summed E-state index contributed by atoms with van der Waals surface area (Å²) in [5.41, 5.74) is 2.75. The molecule has 1 fully saturated rings. The van der Waals surface area contributed by atoms with Crippen LogP contribution in [0.5, 0.6) is 0 Å². The normalized spacial score (nSPS) is 19.8. The van der Waals surface area contributed by atoms with E-state index in [4.69, 9.17) is 4.74 Å². The summed E-state index contributed by atoms with van der Waals surface area (Å²) in [4.78, 5) is 0. The van der Waals surface area contributed by atoms with E-state index in [-0.39, 0.29) is 6.10 Å². The predicted octanol–water partition coefficient (Wildman–Crippen LogP) is 4.10. The van der Waals surface area contributed by atoms with Crippen LogP contribution in [0.15, 0.2) is 24.3 Å². The molecular weight excluding hydrogens is 246 g/mol. The zero-order valence-corrected chi connectivity index (χ0v) is 13.2. The molecule has 1 N–H and O–H groups in total. The lowest BCUT2D eigenvalue weighted by Gasteiger charge is -2.35. The molecule has 2 nitrogen and oxygen atoms in total. The summed E-state index contributed by atoms with van der Waals surface area (Å²) in [6.45, 7) is 2.20. The van der Waals surface area contributed by atoms with Crippen molar-refractivity contribution in [3.63, 3.8) is 0 Å². The van der Waals surface area contributed by atoms with Gasteiger partial charge in [0.1, 0.15) is 0 Å². The van der Waals surface area contributed by atoms with E-state index in [2.05, 4.69) is 36.5 Å². The first-order valence-electron chi connectivity index (χ1n) is 8.09. The van der Waals surface area contributed by atoms with Crippen molar-refractivity contribution in [2.45, 2.75) is 57.6 Å². The van der Waals surface area contributed by atoms with Gasteiger partial charge >= 0.3 is 0 Å². The fourth-order valence-electron chi connectivity index (χ4n) is 3.54. The molecule has 0 aromatic heterocycles. The van der Waals surface area contributed by atoms with Crippen LogP contribution in [0.1, 0.15) is 56.2 Å². The molecule has 0 spiro atoms. The Morgan fingerprint density at radius 1 is 1.15 bits per heavy atom. The number of methoxy groups -OCH3 is 1. The number of aryl methyl sites for hydroxylation is 1. The third-order valence-electron chi connectivity index (χ3n) is 4.77. The molecule has 0 bridgehead atoms. The van der Waals surface area contributed by atoms with Crippen molar-refractivity contribution in [1.29, 1.82) is 0 Å². The van der Waals surface area contributed by atoms with Crippen molar-refractivity contribution in [3.05, 3.63) is 35.4 Å². The largest absolute Gasteiger partial charge is 0.379 e. The summed E-state index contributed by atoms with van der Waals surface area (Å²) in [5.74, 6) is 0.692. The minimum absolute atomic E-state index is 0.285. The third-order valence-corrected chi connectivity index (χ3v) is 4.77. The van der Waals surface area contributed by atoms with Crippen molar-refractivity contribution in [2.24, 2.45) is 5.92 Å². The number of ether oxygens (including phenoxy) is 1. The van der Waals surface area contributed by atoms with Crippen LogP contribution >= 0.6 is 0 Å². The van der Waals surface area contributed by atoms with Gasteiger partial charge in [0.05, 0.1) is 12.1 Å². The van der Waals surface area contributed by atoms with Crippen LogP contribution in [0.4, 0.5) is 0 Å². The van der Waals surface area contributed by atoms with E-state index in [1.54, 1.807) is 0 Å². The highest BCUT2D eigenvalue weighted by molar-refractivity contribution is 5.26. The Bertz CT molecular complexity index is 381. The Labute approximate surface area is 123 Å². The lowest BCUT2D eigenvalue weighted by molar-refractivity contribution is 0.00941. The summed E-state index contributed by atoms with van der Waals surface area (Å²) in [6.07, 6.45) is 8.11. The molecule has 1 saturated carbocycles. The van der Waals surface area contributed by atoms with E-state index in [9.17, 15) is 0 Å². The Balaban J connectivity index is 2.14. The second kappa shape index (κ2) is 7.80. The molecule has 2 atom stereocenters. The van der Waals surface area contributed by atoms with Crippen LogP contribution < -0.4 is 5.32 Å². The molecule has 1 aliphatic rings. The van der Waals surface area contributed by atoms with Crippen LogP contribution in [-0.2, 0) is 11.2 Å². The lowest BCUT2D eigenvalue weighted by atomic mass is 9.81. The number of rotatable bonds is 6. The highest BCUT2D eigenvalue weighted by Gasteiger charge is 2.30. The second-order valence-electron chi connectivity index (χ2n) is 5.96. The zero-order valence-electron chi connectivity index (χ0n) is 13.2. The van der Waals surface area contributed by atoms with Gasteiger partial charge in [-0.05, 0) is 43.4 Å². The summed E-state index contributed by atoms with van der Waals surface area (Å²) >= 11 is 0. The molecule has 112 valence electrons. The maximum Gasteiger partial charge on any atom is 0.0793 e. The number of nitrogens with one attached hydrogen (secondary N) is 1. The highest BCUT2D eigenvalue weighted by atomic mass is 16.5. The molecule has 0 heterocycles. The molecular formula is C18H29NO. The quantitative estimate of drug-likeness (QED) is 0.843. The van der Waals surface area contributed by atoms with E-state index in [0.717, 1.165) is 6.42 Å². The van der Waals surface area contributed by atoms with Gasteiger partial charge in [-0.15, -0.1) is 0 Å². The molecule has 0 aliphatic heterocycles. The molecule has 1 aliphatic carbocycles. The average Bonchev–Trinajstić information content (AvgIpc) is 2.53. The number of hydrogen-bond acceptors (Lipinski definition) is 2. The fourth-order valence-corrected chi connectivity index (χ4v) is 3.54. The molecule has 20 heavy (non-hydrogen) atoms. The zero-order chi connectivity index (χ0) is 14.4. The Kier molecular flexibility index (Phi) is 6.06. The topological polar surface area (TPSA) is 21.3 Å². The van der Waals surface area contributed by atoms with Gasteiger partial charge in [-0.1, -0.05) is 50.5 Å². The highest BCUT2D eigenvalue weighted by Crippen LogP contribution is 2.34. The minimum atomic E-state index is 0.285. The van der Waals surface area contributed by atoms with Crippen LogP contribution in [0.3, 0.4) is 0 Å². The summed E-state index contributed by atoms with van der Waals surface area (Å²) < 4.78 is 5.89. The maximum absolute atomic E-state index is 5.89. The van der Waals surface area contributed by atoms with E-state index in [0.29, 0.717) is 12.0 Å². The monoisotopic (exact) mass is 275 g/mol. The minimum Gasteiger partial charge on any atom is -0.379 e. The number of likely N-dealkylation sites (N-methyl/N-ethyl adjacent to an activating group) is 1. The smallest absolute Gasteiger partial charge is 0.0793 e. The molecule has 2 unspecified atom stereocenters. The fraction of sp³-hybridized carbons (Fsp3) is 0.667. The summed E-state index contributed by atoms with van der Waals surface area (Å²) in [6, 6.07) is 9.30. The first-order valence-corrected chi connectivity index (χ1v) is 8.09. The summed E-state index contributed by atoms with van der Waals surface area (Å²) in [7, 11) is 3.91. The van der Waals surface area contributed by atoms with Crippen molar-refractivity contribution < 1.29 is 4.74 Å². The summed E-state index contributed by atoms with van der Waals surface area (Å²) in [5, 5.41) is 3.48. The SMILES string of the molecule is CCc1ccc(C(NC)C(OC)C2CCCCC2)cc1. The molecule has 1 aromatic rings. The van der Waals surface area contributed by atoms with Crippen molar-refractivity contribution in [1.82, 2.24) is 5.32 Å². The van der Waals surface area contributed by atoms with Crippen LogP contribution in [0.25, 0.3) is 0 Å². The first-order chi connectivity index (χ1) is 9.80. The first kappa shape index (κ1) is 15.5. The van der Waals surface area contributed by atoms with Crippen LogP contribution in [-0.4, -0.2) is 20.3 Å². The van der Waals surface area contributed by atoms with Crippen LogP contribution in [0.2, 0.25) is 0 Å². The Hall–Kier alpha value is -0.860. The van der Waals surface area contributed by atoms with Crippen molar-refractivity contribution >= 4 is 0 Å². The number of hydrogen-bond donors (Lipinski definition) is 1. The standard InChI is InChI=1S/C18H29NO/c1-4-14-10-12-15(13-11-14)17(19-2)18(20-3)16-8-6-5-7-9-16/h10-13,16-19H,4-9H2,1-3H3. The van der Waals surface area contributed by atoms with E-state index < -0.39 is 0 Å². The molecule has 1 aromatic carbocycles. The van der Waals surface area contributed by atoms with Crippen molar-refractivity contribution in [2.75, 3.05) is 14.2 Å². The molecule has 0 saturated heterocycles. The molecule has 2 heteroatoms. The average molecular weight is 275 g/mol.